The molecule has 1 amide bonds. The molecule has 0 saturated heterocycles. The van der Waals surface area contributed by atoms with Crippen LogP contribution in [0.4, 0.5) is 0 Å². The third-order valence-electron chi connectivity index (χ3n) is 2.62. The number of phenolic OH excluding ortho intramolecular Hbond substituents is 1. The van der Waals surface area contributed by atoms with Gasteiger partial charge in [0, 0.05) is 6.04 Å². The molecule has 18 heavy (non-hydrogen) atoms. The standard InChI is InChI=1S/C14H19NO3/c1-10(15-14(18)9-11(2)16)3-4-12-5-7-13(17)8-6-12/h5-8,10,17H,3-4,9H2,1-2H3,(H,15,18). The Balaban J connectivity index is 2.32. The van der Waals surface area contributed by atoms with Crippen molar-refractivity contribution >= 4 is 11.7 Å². The Morgan fingerprint density at radius 2 is 1.89 bits per heavy atom. The molecular weight excluding hydrogens is 230 g/mol. The van der Waals surface area contributed by atoms with Gasteiger partial charge in [0.05, 0.1) is 6.42 Å². The van der Waals surface area contributed by atoms with Crippen LogP contribution in [-0.2, 0) is 16.0 Å². The number of hydrogen-bond donors (Lipinski definition) is 2. The fourth-order valence-electron chi connectivity index (χ4n) is 1.67. The van der Waals surface area contributed by atoms with Gasteiger partial charge in [-0.05, 0) is 44.4 Å². The molecular formula is C14H19NO3. The van der Waals surface area contributed by atoms with E-state index in [1.807, 2.05) is 19.1 Å². The lowest BCUT2D eigenvalue weighted by molar-refractivity contribution is -0.127. The first-order valence-electron chi connectivity index (χ1n) is 6.04. The van der Waals surface area contributed by atoms with Gasteiger partial charge >= 0.3 is 0 Å². The number of carbonyl (C=O) groups is 2. The lowest BCUT2D eigenvalue weighted by atomic mass is 10.1. The first-order chi connectivity index (χ1) is 8.47. The molecule has 0 saturated carbocycles. The SMILES string of the molecule is CC(=O)CC(=O)NC(C)CCc1ccc(O)cc1. The number of hydrogen-bond acceptors (Lipinski definition) is 3. The molecule has 0 spiro atoms. The average Bonchev–Trinajstić information content (AvgIpc) is 2.27. The molecule has 0 aliphatic carbocycles. The molecule has 1 aromatic rings. The molecule has 1 atom stereocenters. The van der Waals surface area contributed by atoms with E-state index >= 15 is 0 Å². The lowest BCUT2D eigenvalue weighted by Gasteiger charge is -2.13. The van der Waals surface area contributed by atoms with Crippen LogP contribution < -0.4 is 5.32 Å². The number of amides is 1. The predicted octanol–water partition coefficient (Wildman–Crippen LogP) is 1.81. The molecule has 0 bridgehead atoms. The summed E-state index contributed by atoms with van der Waals surface area (Å²) in [4.78, 5) is 22.1. The number of Topliss-reactive ketones (excluding diaryl/α,β-unsaturated/α-hetero) is 1. The Bertz CT molecular complexity index is 412. The number of phenols is 1. The number of nitrogens with one attached hydrogen (secondary N) is 1. The fourth-order valence-corrected chi connectivity index (χ4v) is 1.67. The molecule has 1 rings (SSSR count). The lowest BCUT2D eigenvalue weighted by Crippen LogP contribution is -2.33. The minimum atomic E-state index is -0.222. The second-order valence-electron chi connectivity index (χ2n) is 4.55. The third-order valence-corrected chi connectivity index (χ3v) is 2.62. The smallest absolute Gasteiger partial charge is 0.227 e. The highest BCUT2D eigenvalue weighted by molar-refractivity contribution is 5.96. The molecule has 98 valence electrons. The summed E-state index contributed by atoms with van der Waals surface area (Å²) in [6.45, 7) is 3.32. The van der Waals surface area contributed by atoms with Crippen molar-refractivity contribution in [1.29, 1.82) is 0 Å². The molecule has 1 unspecified atom stereocenters. The summed E-state index contributed by atoms with van der Waals surface area (Å²) in [5, 5.41) is 11.9. The van der Waals surface area contributed by atoms with Gasteiger partial charge in [0.2, 0.25) is 5.91 Å². The molecule has 2 N–H and O–H groups in total. The largest absolute Gasteiger partial charge is 0.508 e. The summed E-state index contributed by atoms with van der Waals surface area (Å²) >= 11 is 0. The quantitative estimate of drug-likeness (QED) is 0.756. The number of benzene rings is 1. The fraction of sp³-hybridized carbons (Fsp3) is 0.429. The van der Waals surface area contributed by atoms with Gasteiger partial charge in [-0.1, -0.05) is 12.1 Å². The number of aromatic hydroxyl groups is 1. The topological polar surface area (TPSA) is 66.4 Å². The van der Waals surface area contributed by atoms with E-state index in [-0.39, 0.29) is 29.9 Å². The molecule has 4 nitrogen and oxygen atoms in total. The van der Waals surface area contributed by atoms with Crippen LogP contribution in [0.15, 0.2) is 24.3 Å². The molecule has 1 aromatic carbocycles. The zero-order valence-corrected chi connectivity index (χ0v) is 10.8. The van der Waals surface area contributed by atoms with Crippen molar-refractivity contribution in [3.63, 3.8) is 0 Å². The molecule has 0 fully saturated rings. The summed E-state index contributed by atoms with van der Waals surface area (Å²) in [5.41, 5.74) is 1.11. The highest BCUT2D eigenvalue weighted by Gasteiger charge is 2.09. The van der Waals surface area contributed by atoms with E-state index in [2.05, 4.69) is 5.32 Å². The monoisotopic (exact) mass is 249 g/mol. The van der Waals surface area contributed by atoms with Crippen molar-refractivity contribution < 1.29 is 14.7 Å². The highest BCUT2D eigenvalue weighted by atomic mass is 16.3. The average molecular weight is 249 g/mol. The molecule has 4 heteroatoms. The Hall–Kier alpha value is -1.84. The Labute approximate surface area is 107 Å². The van der Waals surface area contributed by atoms with Crippen molar-refractivity contribution in [2.75, 3.05) is 0 Å². The minimum Gasteiger partial charge on any atom is -0.508 e. The van der Waals surface area contributed by atoms with E-state index in [4.69, 9.17) is 5.11 Å². The second kappa shape index (κ2) is 6.79. The zero-order valence-electron chi connectivity index (χ0n) is 10.8. The summed E-state index contributed by atoms with van der Waals surface area (Å²) in [7, 11) is 0. The van der Waals surface area contributed by atoms with E-state index < -0.39 is 0 Å². The Morgan fingerprint density at radius 3 is 2.44 bits per heavy atom. The summed E-state index contributed by atoms with van der Waals surface area (Å²) < 4.78 is 0. The van der Waals surface area contributed by atoms with E-state index in [1.165, 1.54) is 6.92 Å². The van der Waals surface area contributed by atoms with Gasteiger partial charge in [-0.25, -0.2) is 0 Å². The van der Waals surface area contributed by atoms with Gasteiger partial charge in [0.15, 0.2) is 0 Å². The van der Waals surface area contributed by atoms with Crippen LogP contribution in [0.3, 0.4) is 0 Å². The molecule has 0 aliphatic rings. The van der Waals surface area contributed by atoms with Gasteiger partial charge in [-0.2, -0.15) is 0 Å². The van der Waals surface area contributed by atoms with Crippen molar-refractivity contribution in [2.45, 2.75) is 39.2 Å². The van der Waals surface area contributed by atoms with E-state index in [1.54, 1.807) is 12.1 Å². The summed E-state index contributed by atoms with van der Waals surface area (Å²) in [6, 6.07) is 7.05. The van der Waals surface area contributed by atoms with Gasteiger partial charge in [0.1, 0.15) is 11.5 Å². The first kappa shape index (κ1) is 14.2. The number of carbonyl (C=O) groups excluding carboxylic acids is 2. The van der Waals surface area contributed by atoms with Crippen LogP contribution in [0.2, 0.25) is 0 Å². The summed E-state index contributed by atoms with van der Waals surface area (Å²) in [5.74, 6) is -0.0968. The van der Waals surface area contributed by atoms with Gasteiger partial charge in [-0.15, -0.1) is 0 Å². The molecule has 0 heterocycles. The third kappa shape index (κ3) is 5.48. The Kier molecular flexibility index (Phi) is 5.36. The minimum absolute atomic E-state index is 0.0330. The van der Waals surface area contributed by atoms with Gasteiger partial charge in [0.25, 0.3) is 0 Å². The van der Waals surface area contributed by atoms with Crippen molar-refractivity contribution in [1.82, 2.24) is 5.32 Å². The second-order valence-corrected chi connectivity index (χ2v) is 4.55. The van der Waals surface area contributed by atoms with E-state index in [0.717, 1.165) is 18.4 Å². The maximum Gasteiger partial charge on any atom is 0.227 e. The normalized spacial score (nSPS) is 11.9. The molecule has 0 radical (unpaired) electrons. The van der Waals surface area contributed by atoms with Crippen LogP contribution in [0.1, 0.15) is 32.3 Å². The van der Waals surface area contributed by atoms with Crippen molar-refractivity contribution in [3.8, 4) is 5.75 Å². The number of aryl methyl sites for hydroxylation is 1. The Morgan fingerprint density at radius 1 is 1.28 bits per heavy atom. The van der Waals surface area contributed by atoms with Crippen LogP contribution in [0.25, 0.3) is 0 Å². The van der Waals surface area contributed by atoms with Crippen LogP contribution in [0.5, 0.6) is 5.75 Å². The van der Waals surface area contributed by atoms with E-state index in [0.29, 0.717) is 0 Å². The van der Waals surface area contributed by atoms with Crippen LogP contribution >= 0.6 is 0 Å². The maximum atomic E-state index is 11.4. The number of rotatable bonds is 6. The zero-order chi connectivity index (χ0) is 13.5. The predicted molar refractivity (Wildman–Crippen MR) is 69.3 cm³/mol. The van der Waals surface area contributed by atoms with Crippen LogP contribution in [-0.4, -0.2) is 22.8 Å². The summed E-state index contributed by atoms with van der Waals surface area (Å²) in [6.07, 6.45) is 1.57. The first-order valence-corrected chi connectivity index (χ1v) is 6.04. The highest BCUT2D eigenvalue weighted by Crippen LogP contribution is 2.11. The van der Waals surface area contributed by atoms with E-state index in [9.17, 15) is 9.59 Å². The van der Waals surface area contributed by atoms with Crippen molar-refractivity contribution in [3.05, 3.63) is 29.8 Å². The number of ketones is 1. The molecule has 0 aliphatic heterocycles. The van der Waals surface area contributed by atoms with Gasteiger partial charge in [-0.3, -0.25) is 9.59 Å². The maximum absolute atomic E-state index is 11.4. The van der Waals surface area contributed by atoms with Crippen molar-refractivity contribution in [2.24, 2.45) is 0 Å². The van der Waals surface area contributed by atoms with Gasteiger partial charge < -0.3 is 10.4 Å². The van der Waals surface area contributed by atoms with Crippen LogP contribution in [0, 0.1) is 0 Å². The molecule has 0 aromatic heterocycles.